The molecule has 0 unspecified atom stereocenters. The molecular formula is C31H33N5OS. The summed E-state index contributed by atoms with van der Waals surface area (Å²) in [4.78, 5) is 9.35. The minimum atomic E-state index is -0.0670. The molecule has 0 spiro atoms. The molecule has 2 aromatic heterocycles. The summed E-state index contributed by atoms with van der Waals surface area (Å²) in [6, 6.07) is 25.8. The Hall–Kier alpha value is -3.68. The second-order valence-corrected chi connectivity index (χ2v) is 10.5. The number of hydrogen-bond donors (Lipinski definition) is 1. The van der Waals surface area contributed by atoms with Gasteiger partial charge in [0.2, 0.25) is 0 Å². The molecule has 0 saturated carbocycles. The first-order chi connectivity index (χ1) is 18.5. The highest BCUT2D eigenvalue weighted by molar-refractivity contribution is 7.80. The van der Waals surface area contributed by atoms with Crippen molar-refractivity contribution in [3.05, 3.63) is 107 Å². The molecule has 2 aliphatic heterocycles. The van der Waals surface area contributed by atoms with Gasteiger partial charge in [0, 0.05) is 47.7 Å². The van der Waals surface area contributed by atoms with E-state index in [0.29, 0.717) is 5.11 Å². The van der Waals surface area contributed by atoms with Gasteiger partial charge in [0.1, 0.15) is 0 Å². The zero-order chi connectivity index (χ0) is 26.2. The number of thiocarbonyl (C=S) groups is 1. The lowest BCUT2D eigenvalue weighted by molar-refractivity contribution is 0.122. The molecule has 6 rings (SSSR count). The molecule has 0 aliphatic carbocycles. The largest absolute Gasteiger partial charge is 0.378 e. The first-order valence-corrected chi connectivity index (χ1v) is 13.6. The summed E-state index contributed by atoms with van der Waals surface area (Å²) in [5.41, 5.74) is 9.32. The highest BCUT2D eigenvalue weighted by Crippen LogP contribution is 2.43. The van der Waals surface area contributed by atoms with E-state index in [1.165, 1.54) is 28.2 Å². The molecule has 0 bridgehead atoms. The maximum atomic E-state index is 5.93. The van der Waals surface area contributed by atoms with Crippen LogP contribution in [-0.4, -0.2) is 41.0 Å². The van der Waals surface area contributed by atoms with Crippen LogP contribution in [0.1, 0.15) is 40.3 Å². The number of benzene rings is 2. The molecule has 7 heteroatoms. The Morgan fingerprint density at radius 2 is 1.55 bits per heavy atom. The summed E-state index contributed by atoms with van der Waals surface area (Å²) in [5.74, 6) is 0. The third-order valence-corrected chi connectivity index (χ3v) is 8.00. The van der Waals surface area contributed by atoms with Gasteiger partial charge in [-0.25, -0.2) is 0 Å². The average molecular weight is 524 g/mol. The van der Waals surface area contributed by atoms with Crippen molar-refractivity contribution in [3.8, 4) is 5.69 Å². The third-order valence-electron chi connectivity index (χ3n) is 7.68. The van der Waals surface area contributed by atoms with Crippen LogP contribution in [0.4, 0.5) is 11.4 Å². The lowest BCUT2D eigenvalue weighted by Crippen LogP contribution is -2.36. The van der Waals surface area contributed by atoms with Crippen molar-refractivity contribution in [1.82, 2.24) is 14.9 Å². The number of ether oxygens (including phenoxy) is 1. The molecule has 1 N–H and O–H groups in total. The van der Waals surface area contributed by atoms with Crippen LogP contribution in [0.3, 0.4) is 0 Å². The fraction of sp³-hybridized carbons (Fsp3) is 0.290. The number of pyridine rings is 1. The number of nitrogens with one attached hydrogen (secondary N) is 1. The molecule has 0 amide bonds. The number of aryl methyl sites for hydroxylation is 2. The molecule has 194 valence electrons. The van der Waals surface area contributed by atoms with E-state index in [-0.39, 0.29) is 12.1 Å². The number of morpholine rings is 1. The number of nitrogens with zero attached hydrogens (tertiary/aromatic N) is 4. The van der Waals surface area contributed by atoms with Gasteiger partial charge in [0.15, 0.2) is 5.11 Å². The van der Waals surface area contributed by atoms with Gasteiger partial charge >= 0.3 is 0 Å². The van der Waals surface area contributed by atoms with E-state index in [4.69, 9.17) is 21.9 Å². The third kappa shape index (κ3) is 4.46. The fourth-order valence-corrected chi connectivity index (χ4v) is 6.12. The lowest BCUT2D eigenvalue weighted by atomic mass is 9.96. The molecule has 4 heterocycles. The number of anilines is 2. The van der Waals surface area contributed by atoms with Gasteiger partial charge in [0.25, 0.3) is 0 Å². The summed E-state index contributed by atoms with van der Waals surface area (Å²) in [6.07, 6.45) is 1.85. The van der Waals surface area contributed by atoms with Gasteiger partial charge in [-0.1, -0.05) is 23.8 Å². The molecule has 38 heavy (non-hydrogen) atoms. The van der Waals surface area contributed by atoms with Crippen LogP contribution in [0, 0.1) is 20.8 Å². The van der Waals surface area contributed by atoms with Crippen molar-refractivity contribution < 1.29 is 4.74 Å². The van der Waals surface area contributed by atoms with E-state index in [9.17, 15) is 0 Å². The molecule has 2 atom stereocenters. The Bertz CT molecular complexity index is 1430. The first-order valence-electron chi connectivity index (χ1n) is 13.2. The van der Waals surface area contributed by atoms with Crippen molar-refractivity contribution in [2.75, 3.05) is 36.1 Å². The SMILES string of the molecule is Cc1ccc(N2C(=S)N[C@@H](c3ccccn3)[C@@H]2c2cc(C)n(-c3ccc(N4CCOCC4)cc3)c2C)cc1. The highest BCUT2D eigenvalue weighted by Gasteiger charge is 2.42. The van der Waals surface area contributed by atoms with E-state index in [2.05, 4.69) is 101 Å². The highest BCUT2D eigenvalue weighted by atomic mass is 32.1. The van der Waals surface area contributed by atoms with Crippen molar-refractivity contribution in [2.24, 2.45) is 0 Å². The van der Waals surface area contributed by atoms with Crippen molar-refractivity contribution in [3.63, 3.8) is 0 Å². The Balaban J connectivity index is 1.41. The maximum Gasteiger partial charge on any atom is 0.174 e. The van der Waals surface area contributed by atoms with E-state index in [1.54, 1.807) is 0 Å². The minimum absolute atomic E-state index is 0.0346. The van der Waals surface area contributed by atoms with Crippen molar-refractivity contribution in [2.45, 2.75) is 32.9 Å². The molecule has 2 aromatic carbocycles. The van der Waals surface area contributed by atoms with Crippen LogP contribution in [0.5, 0.6) is 0 Å². The molecule has 2 saturated heterocycles. The smallest absolute Gasteiger partial charge is 0.174 e. The van der Waals surface area contributed by atoms with Gasteiger partial charge in [-0.05, 0) is 93.1 Å². The average Bonchev–Trinajstić information content (AvgIpc) is 3.45. The monoisotopic (exact) mass is 523 g/mol. The predicted octanol–water partition coefficient (Wildman–Crippen LogP) is 5.81. The molecule has 4 aromatic rings. The van der Waals surface area contributed by atoms with E-state index < -0.39 is 0 Å². The summed E-state index contributed by atoms with van der Waals surface area (Å²) in [7, 11) is 0. The zero-order valence-corrected chi connectivity index (χ0v) is 22.9. The Labute approximate surface area is 229 Å². The Morgan fingerprint density at radius 3 is 2.24 bits per heavy atom. The number of hydrogen-bond acceptors (Lipinski definition) is 4. The Kier molecular flexibility index (Phi) is 6.64. The Morgan fingerprint density at radius 1 is 0.868 bits per heavy atom. The number of aromatic nitrogens is 2. The van der Waals surface area contributed by atoms with Gasteiger partial charge in [-0.15, -0.1) is 0 Å². The summed E-state index contributed by atoms with van der Waals surface area (Å²) >= 11 is 5.93. The van der Waals surface area contributed by atoms with Crippen LogP contribution >= 0.6 is 12.2 Å². The quantitative estimate of drug-likeness (QED) is 0.333. The topological polar surface area (TPSA) is 45.6 Å². The molecule has 6 nitrogen and oxygen atoms in total. The van der Waals surface area contributed by atoms with Crippen molar-refractivity contribution in [1.29, 1.82) is 0 Å². The summed E-state index contributed by atoms with van der Waals surface area (Å²) in [5, 5.41) is 4.31. The predicted molar refractivity (Wildman–Crippen MR) is 157 cm³/mol. The van der Waals surface area contributed by atoms with Gasteiger partial charge in [-0.3, -0.25) is 4.98 Å². The minimum Gasteiger partial charge on any atom is -0.378 e. The summed E-state index contributed by atoms with van der Waals surface area (Å²) < 4.78 is 7.87. The molecular weight excluding hydrogens is 490 g/mol. The van der Waals surface area contributed by atoms with Crippen LogP contribution in [0.2, 0.25) is 0 Å². The molecule has 2 aliphatic rings. The van der Waals surface area contributed by atoms with Gasteiger partial charge in [-0.2, -0.15) is 0 Å². The second kappa shape index (κ2) is 10.2. The molecule has 0 radical (unpaired) electrons. The van der Waals surface area contributed by atoms with Crippen LogP contribution in [0.25, 0.3) is 5.69 Å². The van der Waals surface area contributed by atoms with E-state index in [1.807, 2.05) is 18.3 Å². The first kappa shape index (κ1) is 24.6. The molecule has 2 fully saturated rings. The summed E-state index contributed by atoms with van der Waals surface area (Å²) in [6.45, 7) is 9.94. The lowest BCUT2D eigenvalue weighted by Gasteiger charge is -2.29. The zero-order valence-electron chi connectivity index (χ0n) is 22.1. The van der Waals surface area contributed by atoms with Crippen LogP contribution in [0.15, 0.2) is 79.0 Å². The fourth-order valence-electron chi connectivity index (χ4n) is 5.77. The normalized spacial score (nSPS) is 19.6. The van der Waals surface area contributed by atoms with Gasteiger partial charge in [0.05, 0.1) is 31.0 Å². The van der Waals surface area contributed by atoms with Gasteiger partial charge < -0.3 is 24.4 Å². The van der Waals surface area contributed by atoms with Crippen LogP contribution < -0.4 is 15.1 Å². The van der Waals surface area contributed by atoms with Crippen molar-refractivity contribution >= 4 is 28.7 Å². The van der Waals surface area contributed by atoms with E-state index >= 15 is 0 Å². The number of rotatable bonds is 5. The maximum absolute atomic E-state index is 5.93. The van der Waals surface area contributed by atoms with Crippen LogP contribution in [-0.2, 0) is 4.74 Å². The van der Waals surface area contributed by atoms with E-state index in [0.717, 1.165) is 43.4 Å². The second-order valence-electron chi connectivity index (χ2n) is 10.1. The standard InChI is InChI=1S/C31H33N5OS/c1-21-7-9-26(10-8-21)36-30(29(33-31(36)38)28-6-4-5-15-32-28)27-20-22(2)35(23(27)3)25-13-11-24(12-14-25)34-16-18-37-19-17-34/h4-15,20,29-30H,16-19H2,1-3H3,(H,33,38)/t29-,30-/m0/s1.